The quantitative estimate of drug-likeness (QED) is 0.904. The molecule has 0 saturated heterocycles. The summed E-state index contributed by atoms with van der Waals surface area (Å²) >= 11 is 0. The Morgan fingerprint density at radius 3 is 2.43 bits per heavy atom. The fraction of sp³-hybridized carbons (Fsp3) is 0.333. The number of aryl methyl sites for hydroxylation is 2. The van der Waals surface area contributed by atoms with Gasteiger partial charge >= 0.3 is 5.69 Å². The first kappa shape index (κ1) is 14.9. The second kappa shape index (κ2) is 5.87. The number of nitrogens with zero attached hydrogens (tertiary/aromatic N) is 2. The fourth-order valence-electron chi connectivity index (χ4n) is 2.16. The van der Waals surface area contributed by atoms with Crippen LogP contribution in [0, 0.1) is 13.8 Å². The van der Waals surface area contributed by atoms with Crippen molar-refractivity contribution < 1.29 is 4.74 Å². The standard InChI is InChI=1S/C15H19N3O3/c1-10-5-4-6-11(2)14(10)21-8-7-18-13(19)9-12(16)17(3)15(18)20/h4-6,9H,7-8,16H2,1-3H3. The molecule has 1 aromatic carbocycles. The van der Waals surface area contributed by atoms with Crippen LogP contribution >= 0.6 is 0 Å². The second-order valence-electron chi connectivity index (χ2n) is 4.97. The van der Waals surface area contributed by atoms with Crippen molar-refractivity contribution in [1.82, 2.24) is 9.13 Å². The highest BCUT2D eigenvalue weighted by atomic mass is 16.5. The van der Waals surface area contributed by atoms with E-state index in [4.69, 9.17) is 10.5 Å². The molecule has 0 radical (unpaired) electrons. The lowest BCUT2D eigenvalue weighted by atomic mass is 10.1. The van der Waals surface area contributed by atoms with E-state index in [1.54, 1.807) is 0 Å². The molecule has 2 N–H and O–H groups in total. The molecule has 2 rings (SSSR count). The van der Waals surface area contributed by atoms with E-state index < -0.39 is 11.2 Å². The van der Waals surface area contributed by atoms with E-state index in [2.05, 4.69) is 0 Å². The summed E-state index contributed by atoms with van der Waals surface area (Å²) in [5, 5.41) is 0. The highest BCUT2D eigenvalue weighted by Crippen LogP contribution is 2.21. The molecule has 0 saturated carbocycles. The van der Waals surface area contributed by atoms with E-state index in [-0.39, 0.29) is 19.0 Å². The summed E-state index contributed by atoms with van der Waals surface area (Å²) < 4.78 is 8.06. The number of para-hydroxylation sites is 1. The van der Waals surface area contributed by atoms with Crippen LogP contribution in [-0.4, -0.2) is 15.7 Å². The highest BCUT2D eigenvalue weighted by Gasteiger charge is 2.08. The van der Waals surface area contributed by atoms with Crippen molar-refractivity contribution in [3.63, 3.8) is 0 Å². The number of aromatic nitrogens is 2. The lowest BCUT2D eigenvalue weighted by Crippen LogP contribution is -2.40. The highest BCUT2D eigenvalue weighted by molar-refractivity contribution is 5.39. The van der Waals surface area contributed by atoms with Gasteiger partial charge in [0, 0.05) is 13.1 Å². The molecule has 112 valence electrons. The molecule has 0 fully saturated rings. The number of rotatable bonds is 4. The minimum absolute atomic E-state index is 0.150. The number of hydrogen-bond donors (Lipinski definition) is 1. The monoisotopic (exact) mass is 289 g/mol. The Balaban J connectivity index is 2.17. The Kier molecular flexibility index (Phi) is 4.16. The molecule has 0 aliphatic carbocycles. The zero-order valence-corrected chi connectivity index (χ0v) is 12.4. The molecule has 0 spiro atoms. The van der Waals surface area contributed by atoms with Gasteiger partial charge in [0.25, 0.3) is 5.56 Å². The smallest absolute Gasteiger partial charge is 0.332 e. The summed E-state index contributed by atoms with van der Waals surface area (Å²) in [6.45, 7) is 4.33. The molecule has 1 aromatic heterocycles. The van der Waals surface area contributed by atoms with Crippen LogP contribution in [0.1, 0.15) is 11.1 Å². The zero-order valence-electron chi connectivity index (χ0n) is 12.4. The minimum atomic E-state index is -0.440. The van der Waals surface area contributed by atoms with Crippen LogP contribution in [0.5, 0.6) is 5.75 Å². The van der Waals surface area contributed by atoms with Crippen molar-refractivity contribution in [2.75, 3.05) is 12.3 Å². The van der Waals surface area contributed by atoms with E-state index in [1.165, 1.54) is 17.7 Å². The normalized spacial score (nSPS) is 10.6. The van der Waals surface area contributed by atoms with Gasteiger partial charge in [-0.2, -0.15) is 0 Å². The van der Waals surface area contributed by atoms with Gasteiger partial charge in [0.05, 0.1) is 6.54 Å². The summed E-state index contributed by atoms with van der Waals surface area (Å²) in [5.74, 6) is 0.940. The molecule has 0 aliphatic rings. The third-order valence-electron chi connectivity index (χ3n) is 3.41. The van der Waals surface area contributed by atoms with E-state index in [1.807, 2.05) is 32.0 Å². The van der Waals surface area contributed by atoms with Gasteiger partial charge in [-0.25, -0.2) is 4.79 Å². The average molecular weight is 289 g/mol. The van der Waals surface area contributed by atoms with Crippen LogP contribution in [0.3, 0.4) is 0 Å². The summed E-state index contributed by atoms with van der Waals surface area (Å²) in [5.41, 5.74) is 6.75. The van der Waals surface area contributed by atoms with Crippen LogP contribution in [0.4, 0.5) is 5.82 Å². The van der Waals surface area contributed by atoms with Gasteiger partial charge in [-0.05, 0) is 25.0 Å². The zero-order chi connectivity index (χ0) is 15.6. The Bertz CT molecular complexity index is 754. The topological polar surface area (TPSA) is 79.2 Å². The van der Waals surface area contributed by atoms with E-state index in [0.29, 0.717) is 0 Å². The van der Waals surface area contributed by atoms with Crippen molar-refractivity contribution in [3.05, 3.63) is 56.2 Å². The van der Waals surface area contributed by atoms with Gasteiger partial charge in [0.1, 0.15) is 18.2 Å². The van der Waals surface area contributed by atoms with Crippen LogP contribution < -0.4 is 21.7 Å². The predicted molar refractivity (Wildman–Crippen MR) is 81.8 cm³/mol. The van der Waals surface area contributed by atoms with Crippen molar-refractivity contribution in [3.8, 4) is 5.75 Å². The molecule has 1 heterocycles. The van der Waals surface area contributed by atoms with Crippen LogP contribution in [-0.2, 0) is 13.6 Å². The van der Waals surface area contributed by atoms with Crippen LogP contribution in [0.25, 0.3) is 0 Å². The fourth-order valence-corrected chi connectivity index (χ4v) is 2.16. The minimum Gasteiger partial charge on any atom is -0.491 e. The van der Waals surface area contributed by atoms with Crippen LogP contribution in [0.2, 0.25) is 0 Å². The number of nitrogens with two attached hydrogens (primary N) is 1. The predicted octanol–water partition coefficient (Wildman–Crippen LogP) is 0.825. The molecular weight excluding hydrogens is 270 g/mol. The SMILES string of the molecule is Cc1cccc(C)c1OCCn1c(=O)cc(N)n(C)c1=O. The lowest BCUT2D eigenvalue weighted by Gasteiger charge is -2.13. The first-order valence-corrected chi connectivity index (χ1v) is 6.67. The number of ether oxygens (including phenoxy) is 1. The lowest BCUT2D eigenvalue weighted by molar-refractivity contribution is 0.289. The molecule has 6 nitrogen and oxygen atoms in total. The molecule has 6 heteroatoms. The van der Waals surface area contributed by atoms with E-state index in [0.717, 1.165) is 21.4 Å². The Hall–Kier alpha value is -2.50. The molecule has 0 aliphatic heterocycles. The van der Waals surface area contributed by atoms with Crippen molar-refractivity contribution in [2.45, 2.75) is 20.4 Å². The van der Waals surface area contributed by atoms with Crippen molar-refractivity contribution >= 4 is 5.82 Å². The number of nitrogen functional groups attached to an aromatic ring is 1. The van der Waals surface area contributed by atoms with Gasteiger partial charge in [0.15, 0.2) is 0 Å². The Morgan fingerprint density at radius 1 is 1.19 bits per heavy atom. The first-order valence-electron chi connectivity index (χ1n) is 6.67. The molecule has 0 unspecified atom stereocenters. The molecule has 2 aromatic rings. The van der Waals surface area contributed by atoms with Crippen molar-refractivity contribution in [1.29, 1.82) is 0 Å². The van der Waals surface area contributed by atoms with Gasteiger partial charge in [0.2, 0.25) is 0 Å². The maximum Gasteiger partial charge on any atom is 0.332 e. The molecule has 0 bridgehead atoms. The van der Waals surface area contributed by atoms with Crippen molar-refractivity contribution in [2.24, 2.45) is 7.05 Å². The molecule has 21 heavy (non-hydrogen) atoms. The third kappa shape index (κ3) is 2.99. The van der Waals surface area contributed by atoms with E-state index in [9.17, 15) is 9.59 Å². The first-order chi connectivity index (χ1) is 9.91. The summed E-state index contributed by atoms with van der Waals surface area (Å²) in [4.78, 5) is 23.8. The number of hydrogen-bond acceptors (Lipinski definition) is 4. The average Bonchev–Trinajstić information content (AvgIpc) is 2.43. The Morgan fingerprint density at radius 2 is 1.81 bits per heavy atom. The van der Waals surface area contributed by atoms with E-state index >= 15 is 0 Å². The number of benzene rings is 1. The van der Waals surface area contributed by atoms with Gasteiger partial charge < -0.3 is 10.5 Å². The molecule has 0 amide bonds. The summed E-state index contributed by atoms with van der Waals surface area (Å²) in [6.07, 6.45) is 0. The summed E-state index contributed by atoms with van der Waals surface area (Å²) in [6, 6.07) is 7.10. The number of anilines is 1. The Labute approximate surface area is 122 Å². The third-order valence-corrected chi connectivity index (χ3v) is 3.41. The largest absolute Gasteiger partial charge is 0.491 e. The van der Waals surface area contributed by atoms with Gasteiger partial charge in [-0.3, -0.25) is 13.9 Å². The van der Waals surface area contributed by atoms with Gasteiger partial charge in [-0.15, -0.1) is 0 Å². The molecular formula is C15H19N3O3. The second-order valence-corrected chi connectivity index (χ2v) is 4.97. The van der Waals surface area contributed by atoms with Crippen LogP contribution in [0.15, 0.2) is 33.9 Å². The maximum absolute atomic E-state index is 12.0. The summed E-state index contributed by atoms with van der Waals surface area (Å²) in [7, 11) is 1.53. The molecule has 0 atom stereocenters. The van der Waals surface area contributed by atoms with Gasteiger partial charge in [-0.1, -0.05) is 18.2 Å². The maximum atomic E-state index is 12.0.